The molecule has 1 aromatic heterocycles. The van der Waals surface area contributed by atoms with E-state index in [2.05, 4.69) is 5.10 Å². The third-order valence-corrected chi connectivity index (χ3v) is 3.35. The van der Waals surface area contributed by atoms with Crippen LogP contribution in [0.1, 0.15) is 47.1 Å². The molecule has 2 aromatic rings. The molecule has 0 spiro atoms. The molecule has 0 radical (unpaired) electrons. The van der Waals surface area contributed by atoms with Crippen molar-refractivity contribution in [2.24, 2.45) is 0 Å². The third kappa shape index (κ3) is 5.53. The number of imide groups is 1. The Bertz CT molecular complexity index is 962. The second-order valence-electron chi connectivity index (χ2n) is 8.34. The minimum absolute atomic E-state index is 0.123. The highest BCUT2D eigenvalue weighted by atomic mass is 19.1. The van der Waals surface area contributed by atoms with Crippen molar-refractivity contribution in [3.63, 3.8) is 0 Å². The van der Waals surface area contributed by atoms with Gasteiger partial charge in [-0.05, 0) is 53.7 Å². The molecule has 0 atom stereocenters. The zero-order chi connectivity index (χ0) is 22.9. The molecule has 1 aromatic carbocycles. The lowest BCUT2D eigenvalue weighted by molar-refractivity contribution is 0.0430. The predicted molar refractivity (Wildman–Crippen MR) is 103 cm³/mol. The van der Waals surface area contributed by atoms with E-state index in [4.69, 9.17) is 14.7 Å². The van der Waals surface area contributed by atoms with E-state index in [1.165, 1.54) is 0 Å². The quantitative estimate of drug-likeness (QED) is 0.699. The highest BCUT2D eigenvalue weighted by Gasteiger charge is 2.33. The second-order valence-corrected chi connectivity index (χ2v) is 8.34. The first kappa shape index (κ1) is 22.8. The topological polar surface area (TPSA) is 97.4 Å². The summed E-state index contributed by atoms with van der Waals surface area (Å²) in [7, 11) is 0. The molecule has 0 bridgehead atoms. The van der Waals surface area contributed by atoms with E-state index in [1.54, 1.807) is 47.6 Å². The fourth-order valence-corrected chi connectivity index (χ4v) is 2.30. The standard InChI is InChI=1S/C20H22F2N4O4/c1-19(2,3)29-17(27)26(18(28)30-20(4,5)6)13-10-24-25(11-13)16-14(21)7-12(9-23)8-15(16)22/h7-8,10-11H,1-6H3. The first-order valence-electron chi connectivity index (χ1n) is 8.92. The number of ether oxygens (including phenoxy) is 2. The van der Waals surface area contributed by atoms with Gasteiger partial charge >= 0.3 is 12.2 Å². The number of carbonyl (C=O) groups is 2. The summed E-state index contributed by atoms with van der Waals surface area (Å²) in [4.78, 5) is 25.8. The van der Waals surface area contributed by atoms with E-state index in [1.807, 2.05) is 0 Å². The van der Waals surface area contributed by atoms with Crippen molar-refractivity contribution >= 4 is 17.9 Å². The largest absolute Gasteiger partial charge is 0.443 e. The van der Waals surface area contributed by atoms with Gasteiger partial charge in [-0.25, -0.2) is 23.1 Å². The maximum atomic E-state index is 14.3. The molecule has 0 aliphatic carbocycles. The van der Waals surface area contributed by atoms with Crippen molar-refractivity contribution in [1.82, 2.24) is 9.78 Å². The van der Waals surface area contributed by atoms with E-state index < -0.39 is 40.7 Å². The number of amides is 2. The zero-order valence-electron chi connectivity index (χ0n) is 17.5. The molecule has 0 fully saturated rings. The Morgan fingerprint density at radius 2 is 1.50 bits per heavy atom. The van der Waals surface area contributed by atoms with E-state index in [0.29, 0.717) is 4.90 Å². The Balaban J connectivity index is 2.49. The zero-order valence-corrected chi connectivity index (χ0v) is 17.5. The second kappa shape index (κ2) is 8.10. The summed E-state index contributed by atoms with van der Waals surface area (Å²) in [5, 5.41) is 12.7. The molecule has 10 heteroatoms. The lowest BCUT2D eigenvalue weighted by atomic mass is 10.2. The fourth-order valence-electron chi connectivity index (χ4n) is 2.30. The van der Waals surface area contributed by atoms with E-state index in [9.17, 15) is 18.4 Å². The van der Waals surface area contributed by atoms with Crippen LogP contribution in [0, 0.1) is 23.0 Å². The van der Waals surface area contributed by atoms with Crippen LogP contribution in [-0.4, -0.2) is 33.2 Å². The number of nitriles is 1. The summed E-state index contributed by atoms with van der Waals surface area (Å²) < 4.78 is 39.9. The van der Waals surface area contributed by atoms with Gasteiger partial charge in [0, 0.05) is 0 Å². The smallest absolute Gasteiger partial charge is 0.424 e. The SMILES string of the molecule is CC(C)(C)OC(=O)N(C(=O)OC(C)(C)C)c1cnn(-c2c(F)cc(C#N)cc2F)c1. The van der Waals surface area contributed by atoms with Crippen LogP contribution >= 0.6 is 0 Å². The van der Waals surface area contributed by atoms with Crippen molar-refractivity contribution in [2.75, 3.05) is 4.90 Å². The molecular weight excluding hydrogens is 398 g/mol. The summed E-state index contributed by atoms with van der Waals surface area (Å²) in [5.41, 5.74) is -2.74. The van der Waals surface area contributed by atoms with Crippen molar-refractivity contribution < 1.29 is 27.8 Å². The van der Waals surface area contributed by atoms with Gasteiger partial charge in [0.2, 0.25) is 0 Å². The number of carbonyl (C=O) groups excluding carboxylic acids is 2. The number of hydrogen-bond acceptors (Lipinski definition) is 6. The van der Waals surface area contributed by atoms with Crippen LogP contribution in [0.25, 0.3) is 5.69 Å². The van der Waals surface area contributed by atoms with Crippen LogP contribution in [0.2, 0.25) is 0 Å². The number of benzene rings is 1. The normalized spacial score (nSPS) is 11.6. The lowest BCUT2D eigenvalue weighted by Gasteiger charge is -2.27. The van der Waals surface area contributed by atoms with Gasteiger partial charge in [-0.3, -0.25) is 0 Å². The van der Waals surface area contributed by atoms with Crippen LogP contribution < -0.4 is 4.90 Å². The molecule has 0 N–H and O–H groups in total. The van der Waals surface area contributed by atoms with Crippen LogP contribution in [0.3, 0.4) is 0 Å². The Hall–Kier alpha value is -3.48. The molecule has 0 saturated heterocycles. The van der Waals surface area contributed by atoms with Gasteiger partial charge in [-0.2, -0.15) is 15.3 Å². The summed E-state index contributed by atoms with van der Waals surface area (Å²) in [5.74, 6) is -2.08. The molecular formula is C20H22F2N4O4. The Labute approximate surface area is 172 Å². The number of halogens is 2. The van der Waals surface area contributed by atoms with Crippen LogP contribution in [0.5, 0.6) is 0 Å². The van der Waals surface area contributed by atoms with Crippen molar-refractivity contribution in [3.05, 3.63) is 41.7 Å². The average Bonchev–Trinajstić information content (AvgIpc) is 2.99. The van der Waals surface area contributed by atoms with E-state index >= 15 is 0 Å². The van der Waals surface area contributed by atoms with Gasteiger partial charge in [-0.1, -0.05) is 0 Å². The van der Waals surface area contributed by atoms with Crippen molar-refractivity contribution in [3.8, 4) is 11.8 Å². The van der Waals surface area contributed by atoms with Gasteiger partial charge in [0.25, 0.3) is 0 Å². The molecule has 2 rings (SSSR count). The highest BCUT2D eigenvalue weighted by Crippen LogP contribution is 2.25. The number of nitrogens with zero attached hydrogens (tertiary/aromatic N) is 4. The molecule has 8 nitrogen and oxygen atoms in total. The van der Waals surface area contributed by atoms with Crippen LogP contribution in [0.4, 0.5) is 24.1 Å². The molecule has 30 heavy (non-hydrogen) atoms. The summed E-state index contributed by atoms with van der Waals surface area (Å²) >= 11 is 0. The van der Waals surface area contributed by atoms with Crippen LogP contribution in [-0.2, 0) is 9.47 Å². The average molecular weight is 420 g/mol. The number of hydrogen-bond donors (Lipinski definition) is 0. The fraction of sp³-hybridized carbons (Fsp3) is 0.400. The predicted octanol–water partition coefficient (Wildman–Crippen LogP) is 4.70. The molecule has 1 heterocycles. The van der Waals surface area contributed by atoms with E-state index in [-0.39, 0.29) is 11.3 Å². The van der Waals surface area contributed by atoms with Crippen molar-refractivity contribution in [1.29, 1.82) is 5.26 Å². The summed E-state index contributed by atoms with van der Waals surface area (Å²) in [6.45, 7) is 9.69. The van der Waals surface area contributed by atoms with Gasteiger partial charge < -0.3 is 9.47 Å². The van der Waals surface area contributed by atoms with Gasteiger partial charge in [0.1, 0.15) is 16.9 Å². The molecule has 0 aliphatic rings. The number of rotatable bonds is 2. The molecule has 2 amide bonds. The van der Waals surface area contributed by atoms with Crippen LogP contribution in [0.15, 0.2) is 24.5 Å². The molecule has 0 aliphatic heterocycles. The molecule has 160 valence electrons. The van der Waals surface area contributed by atoms with Gasteiger partial charge in [0.15, 0.2) is 11.6 Å². The minimum Gasteiger partial charge on any atom is -0.443 e. The molecule has 0 saturated carbocycles. The van der Waals surface area contributed by atoms with Gasteiger partial charge in [-0.15, -0.1) is 0 Å². The third-order valence-electron chi connectivity index (χ3n) is 3.35. The molecule has 0 unspecified atom stereocenters. The highest BCUT2D eigenvalue weighted by molar-refractivity contribution is 6.09. The van der Waals surface area contributed by atoms with Gasteiger partial charge in [0.05, 0.1) is 29.7 Å². The monoisotopic (exact) mass is 420 g/mol. The number of aromatic nitrogens is 2. The maximum absolute atomic E-state index is 14.3. The summed E-state index contributed by atoms with van der Waals surface area (Å²) in [6, 6.07) is 3.34. The Kier molecular flexibility index (Phi) is 6.16. The number of anilines is 1. The Morgan fingerprint density at radius 1 is 1.03 bits per heavy atom. The summed E-state index contributed by atoms with van der Waals surface area (Å²) in [6.07, 6.45) is 0.0425. The first-order chi connectivity index (χ1) is 13.7. The first-order valence-corrected chi connectivity index (χ1v) is 8.92. The Morgan fingerprint density at radius 3 is 1.90 bits per heavy atom. The minimum atomic E-state index is -1.04. The maximum Gasteiger partial charge on any atom is 0.424 e. The lowest BCUT2D eigenvalue weighted by Crippen LogP contribution is -2.43. The van der Waals surface area contributed by atoms with Crippen molar-refractivity contribution in [2.45, 2.75) is 52.7 Å². The van der Waals surface area contributed by atoms with E-state index in [0.717, 1.165) is 29.2 Å².